The maximum atomic E-state index is 4.56. The van der Waals surface area contributed by atoms with Crippen LogP contribution in [0.5, 0.6) is 0 Å². The molecule has 3 nitrogen and oxygen atoms in total. The molecule has 0 aromatic carbocycles. The average Bonchev–Trinajstić information content (AvgIpc) is 2.96. The summed E-state index contributed by atoms with van der Waals surface area (Å²) in [6, 6.07) is 0.530. The number of hydrogen-bond acceptors (Lipinski definition) is 4. The van der Waals surface area contributed by atoms with Crippen LogP contribution >= 0.6 is 11.3 Å². The lowest BCUT2D eigenvalue weighted by atomic mass is 10.1. The SMILES string of the molecule is CCCNCC1CCN(C(C)c2sc(C)nc2C)C1. The molecule has 0 amide bonds. The van der Waals surface area contributed by atoms with Gasteiger partial charge in [-0.15, -0.1) is 11.3 Å². The van der Waals surface area contributed by atoms with Crippen molar-refractivity contribution < 1.29 is 0 Å². The van der Waals surface area contributed by atoms with Gasteiger partial charge >= 0.3 is 0 Å². The van der Waals surface area contributed by atoms with Gasteiger partial charge in [-0.3, -0.25) is 4.90 Å². The highest BCUT2D eigenvalue weighted by atomic mass is 32.1. The van der Waals surface area contributed by atoms with Crippen LogP contribution in [0.25, 0.3) is 0 Å². The van der Waals surface area contributed by atoms with E-state index in [0.29, 0.717) is 6.04 Å². The molecule has 19 heavy (non-hydrogen) atoms. The molecule has 0 spiro atoms. The van der Waals surface area contributed by atoms with Gasteiger partial charge in [-0.25, -0.2) is 4.98 Å². The first-order valence-electron chi connectivity index (χ1n) is 7.50. The molecule has 1 aromatic heterocycles. The number of likely N-dealkylation sites (tertiary alicyclic amines) is 1. The summed E-state index contributed by atoms with van der Waals surface area (Å²) in [5, 5.41) is 4.75. The molecule has 4 heteroatoms. The van der Waals surface area contributed by atoms with Crippen LogP contribution in [0.3, 0.4) is 0 Å². The van der Waals surface area contributed by atoms with Crippen molar-refractivity contribution in [1.82, 2.24) is 15.2 Å². The molecule has 1 aromatic rings. The zero-order valence-electron chi connectivity index (χ0n) is 12.7. The van der Waals surface area contributed by atoms with Crippen LogP contribution < -0.4 is 5.32 Å². The van der Waals surface area contributed by atoms with E-state index in [9.17, 15) is 0 Å². The summed E-state index contributed by atoms with van der Waals surface area (Å²) in [5.74, 6) is 0.823. The Kier molecular flexibility index (Phi) is 5.37. The number of nitrogens with one attached hydrogen (secondary N) is 1. The Morgan fingerprint density at radius 3 is 2.89 bits per heavy atom. The quantitative estimate of drug-likeness (QED) is 0.812. The van der Waals surface area contributed by atoms with Gasteiger partial charge in [-0.2, -0.15) is 0 Å². The molecule has 0 radical (unpaired) electrons. The largest absolute Gasteiger partial charge is 0.316 e. The van der Waals surface area contributed by atoms with E-state index in [1.165, 1.54) is 48.1 Å². The number of nitrogens with zero attached hydrogens (tertiary/aromatic N) is 2. The predicted octanol–water partition coefficient (Wildman–Crippen LogP) is 3.14. The van der Waals surface area contributed by atoms with Crippen LogP contribution in [0.1, 0.15) is 48.3 Å². The molecular formula is C15H27N3S. The Labute approximate surface area is 121 Å². The molecule has 2 rings (SSSR count). The van der Waals surface area contributed by atoms with Crippen molar-refractivity contribution in [3.8, 4) is 0 Å². The zero-order valence-corrected chi connectivity index (χ0v) is 13.5. The van der Waals surface area contributed by atoms with Gasteiger partial charge in [-0.1, -0.05) is 6.92 Å². The van der Waals surface area contributed by atoms with Gasteiger partial charge in [-0.05, 0) is 59.2 Å². The molecule has 2 atom stereocenters. The molecule has 1 aliphatic heterocycles. The van der Waals surface area contributed by atoms with E-state index in [1.807, 2.05) is 11.3 Å². The van der Waals surface area contributed by atoms with Crippen LogP contribution in [-0.2, 0) is 0 Å². The lowest BCUT2D eigenvalue weighted by Gasteiger charge is -2.23. The number of aromatic nitrogens is 1. The molecule has 0 bridgehead atoms. The van der Waals surface area contributed by atoms with Crippen molar-refractivity contribution in [2.75, 3.05) is 26.2 Å². The second-order valence-electron chi connectivity index (χ2n) is 5.71. The topological polar surface area (TPSA) is 28.2 Å². The van der Waals surface area contributed by atoms with Crippen LogP contribution in [-0.4, -0.2) is 36.1 Å². The Hall–Kier alpha value is -0.450. The van der Waals surface area contributed by atoms with Crippen LogP contribution in [0.2, 0.25) is 0 Å². The third-order valence-electron chi connectivity index (χ3n) is 4.04. The summed E-state index contributed by atoms with van der Waals surface area (Å²) in [6.07, 6.45) is 2.56. The van der Waals surface area contributed by atoms with Crippen LogP contribution in [0.4, 0.5) is 0 Å². The molecular weight excluding hydrogens is 254 g/mol. The summed E-state index contributed by atoms with van der Waals surface area (Å²) >= 11 is 1.86. The Morgan fingerprint density at radius 2 is 2.26 bits per heavy atom. The Morgan fingerprint density at radius 1 is 1.47 bits per heavy atom. The van der Waals surface area contributed by atoms with Gasteiger partial charge in [0.05, 0.1) is 10.7 Å². The van der Waals surface area contributed by atoms with Gasteiger partial charge in [0.1, 0.15) is 0 Å². The minimum atomic E-state index is 0.530. The van der Waals surface area contributed by atoms with Crippen molar-refractivity contribution in [3.05, 3.63) is 15.6 Å². The first kappa shape index (κ1) is 14.9. The van der Waals surface area contributed by atoms with Crippen LogP contribution in [0, 0.1) is 19.8 Å². The maximum Gasteiger partial charge on any atom is 0.0900 e. The third-order valence-corrected chi connectivity index (χ3v) is 5.29. The number of thiazole rings is 1. The summed E-state index contributed by atoms with van der Waals surface area (Å²) in [5.41, 5.74) is 1.22. The second kappa shape index (κ2) is 6.82. The highest BCUT2D eigenvalue weighted by Crippen LogP contribution is 2.32. The third kappa shape index (κ3) is 3.77. The average molecular weight is 281 g/mol. The van der Waals surface area contributed by atoms with E-state index >= 15 is 0 Å². The molecule has 108 valence electrons. The van der Waals surface area contributed by atoms with E-state index in [-0.39, 0.29) is 0 Å². The lowest BCUT2D eigenvalue weighted by molar-refractivity contribution is 0.254. The fourth-order valence-electron chi connectivity index (χ4n) is 2.96. The fourth-order valence-corrected chi connectivity index (χ4v) is 3.98. The number of rotatable bonds is 6. The predicted molar refractivity (Wildman–Crippen MR) is 82.8 cm³/mol. The van der Waals surface area contributed by atoms with Gasteiger partial charge in [0.2, 0.25) is 0 Å². The maximum absolute atomic E-state index is 4.56. The summed E-state index contributed by atoms with van der Waals surface area (Å²) in [4.78, 5) is 8.64. The molecule has 2 heterocycles. The molecule has 1 N–H and O–H groups in total. The van der Waals surface area contributed by atoms with Crippen molar-refractivity contribution in [1.29, 1.82) is 0 Å². The molecule has 2 unspecified atom stereocenters. The normalized spacial score (nSPS) is 22.0. The second-order valence-corrected chi connectivity index (χ2v) is 6.95. The molecule has 0 aliphatic carbocycles. The van der Waals surface area contributed by atoms with Crippen molar-refractivity contribution in [3.63, 3.8) is 0 Å². The van der Waals surface area contributed by atoms with Crippen molar-refractivity contribution >= 4 is 11.3 Å². The minimum absolute atomic E-state index is 0.530. The highest BCUT2D eigenvalue weighted by Gasteiger charge is 2.28. The lowest BCUT2D eigenvalue weighted by Crippen LogP contribution is -2.28. The number of aryl methyl sites for hydroxylation is 2. The number of hydrogen-bond donors (Lipinski definition) is 1. The zero-order chi connectivity index (χ0) is 13.8. The Bertz CT molecular complexity index is 402. The summed E-state index contributed by atoms with van der Waals surface area (Å²) in [6.45, 7) is 13.6. The smallest absolute Gasteiger partial charge is 0.0900 e. The van der Waals surface area contributed by atoms with E-state index in [4.69, 9.17) is 0 Å². The standard InChI is InChI=1S/C15H27N3S/c1-5-7-16-9-14-6-8-18(10-14)12(3)15-11(2)17-13(4)19-15/h12,14,16H,5-10H2,1-4H3. The van der Waals surface area contributed by atoms with Crippen molar-refractivity contribution in [2.45, 2.75) is 46.6 Å². The van der Waals surface area contributed by atoms with E-state index in [1.54, 1.807) is 0 Å². The summed E-state index contributed by atoms with van der Waals surface area (Å²) < 4.78 is 0. The fraction of sp³-hybridized carbons (Fsp3) is 0.800. The molecule has 0 saturated carbocycles. The van der Waals surface area contributed by atoms with E-state index < -0.39 is 0 Å². The minimum Gasteiger partial charge on any atom is -0.316 e. The van der Waals surface area contributed by atoms with Crippen LogP contribution in [0.15, 0.2) is 0 Å². The molecule has 1 saturated heterocycles. The molecule has 1 fully saturated rings. The molecule has 1 aliphatic rings. The first-order chi connectivity index (χ1) is 9.11. The van der Waals surface area contributed by atoms with Gasteiger partial charge in [0, 0.05) is 17.5 Å². The van der Waals surface area contributed by atoms with Gasteiger partial charge in [0.15, 0.2) is 0 Å². The first-order valence-corrected chi connectivity index (χ1v) is 8.32. The highest BCUT2D eigenvalue weighted by molar-refractivity contribution is 7.11. The van der Waals surface area contributed by atoms with Crippen molar-refractivity contribution in [2.24, 2.45) is 5.92 Å². The van der Waals surface area contributed by atoms with Gasteiger partial charge in [0.25, 0.3) is 0 Å². The summed E-state index contributed by atoms with van der Waals surface area (Å²) in [7, 11) is 0. The van der Waals surface area contributed by atoms with E-state index in [2.05, 4.69) is 42.9 Å². The Balaban J connectivity index is 1.88. The monoisotopic (exact) mass is 281 g/mol. The van der Waals surface area contributed by atoms with E-state index in [0.717, 1.165) is 12.5 Å². The van der Waals surface area contributed by atoms with Gasteiger partial charge < -0.3 is 5.32 Å².